The van der Waals surface area contributed by atoms with Crippen LogP contribution < -0.4 is 5.32 Å². The number of aromatic nitrogens is 1. The molecular weight excluding hydrogens is 386 g/mol. The highest BCUT2D eigenvalue weighted by Gasteiger charge is 2.47. The lowest BCUT2D eigenvalue weighted by Crippen LogP contribution is -2.63. The molecule has 0 fully saturated rings. The van der Waals surface area contributed by atoms with Gasteiger partial charge >= 0.3 is 0 Å². The van der Waals surface area contributed by atoms with E-state index >= 15 is 0 Å². The number of para-hydroxylation sites is 1. The van der Waals surface area contributed by atoms with Gasteiger partial charge in [0.2, 0.25) is 5.91 Å². The van der Waals surface area contributed by atoms with Crippen molar-refractivity contribution in [2.75, 3.05) is 6.54 Å². The molecule has 1 aromatic heterocycles. The van der Waals surface area contributed by atoms with Gasteiger partial charge in [-0.3, -0.25) is 9.59 Å². The number of hydrogen-bond acceptors (Lipinski definition) is 2. The van der Waals surface area contributed by atoms with E-state index in [-0.39, 0.29) is 11.8 Å². The summed E-state index contributed by atoms with van der Waals surface area (Å²) in [5, 5.41) is 4.12. The number of nitrogens with zero attached hydrogens (tertiary/aromatic N) is 2. The highest BCUT2D eigenvalue weighted by molar-refractivity contribution is 6.03. The van der Waals surface area contributed by atoms with Crippen LogP contribution in [-0.4, -0.2) is 33.4 Å². The first-order chi connectivity index (χ1) is 14.8. The number of hydrogen-bond donors (Lipinski definition) is 1. The van der Waals surface area contributed by atoms with E-state index in [2.05, 4.69) is 19.2 Å². The van der Waals surface area contributed by atoms with Gasteiger partial charge in [-0.1, -0.05) is 56.3 Å². The second-order valence-electron chi connectivity index (χ2n) is 9.20. The average molecular weight is 418 g/mol. The molecule has 2 heterocycles. The third-order valence-electron chi connectivity index (χ3n) is 6.42. The van der Waals surface area contributed by atoms with Gasteiger partial charge in [0, 0.05) is 24.0 Å². The minimum atomic E-state index is -0.981. The Balaban J connectivity index is 1.76. The molecule has 0 spiro atoms. The Morgan fingerprint density at radius 3 is 2.58 bits per heavy atom. The van der Waals surface area contributed by atoms with E-state index in [9.17, 15) is 9.59 Å². The number of nitrogens with one attached hydrogen (secondary N) is 1. The van der Waals surface area contributed by atoms with Crippen molar-refractivity contribution in [1.29, 1.82) is 0 Å². The Morgan fingerprint density at radius 2 is 1.84 bits per heavy atom. The molecule has 162 valence electrons. The third kappa shape index (κ3) is 3.85. The Labute approximate surface area is 184 Å². The summed E-state index contributed by atoms with van der Waals surface area (Å²) in [5.74, 6) is 0.301. The first kappa shape index (κ1) is 21.2. The van der Waals surface area contributed by atoms with Crippen molar-refractivity contribution in [2.45, 2.75) is 52.7 Å². The molecule has 1 aliphatic heterocycles. The fraction of sp³-hybridized carbons (Fsp3) is 0.385. The highest BCUT2D eigenvalue weighted by atomic mass is 16.2. The number of benzene rings is 2. The van der Waals surface area contributed by atoms with Crippen LogP contribution in [0.25, 0.3) is 10.9 Å². The van der Waals surface area contributed by atoms with E-state index in [1.165, 1.54) is 0 Å². The van der Waals surface area contributed by atoms with Gasteiger partial charge in [-0.25, -0.2) is 0 Å². The molecule has 0 aliphatic carbocycles. The maximum atomic E-state index is 13.7. The molecule has 2 aromatic carbocycles. The number of carbonyl (C=O) groups excluding carboxylic acids is 2. The SMILES string of the molecule is Cc1ccccc1CN1C(=O)c2cc3ccccc3n2CC1(C)C(=O)NCCC(C)C. The normalized spacial score (nSPS) is 18.5. The van der Waals surface area contributed by atoms with Gasteiger partial charge in [-0.2, -0.15) is 0 Å². The molecule has 0 radical (unpaired) electrons. The lowest BCUT2D eigenvalue weighted by atomic mass is 9.93. The third-order valence-corrected chi connectivity index (χ3v) is 6.42. The van der Waals surface area contributed by atoms with Gasteiger partial charge in [-0.15, -0.1) is 0 Å². The largest absolute Gasteiger partial charge is 0.354 e. The highest BCUT2D eigenvalue weighted by Crippen LogP contribution is 2.33. The Kier molecular flexibility index (Phi) is 5.61. The second kappa shape index (κ2) is 8.22. The van der Waals surface area contributed by atoms with Crippen molar-refractivity contribution < 1.29 is 9.59 Å². The van der Waals surface area contributed by atoms with Crippen molar-refractivity contribution >= 4 is 22.7 Å². The van der Waals surface area contributed by atoms with Crippen LogP contribution in [0.5, 0.6) is 0 Å². The maximum absolute atomic E-state index is 13.7. The van der Waals surface area contributed by atoms with Gasteiger partial charge in [0.25, 0.3) is 5.91 Å². The average Bonchev–Trinajstić information content (AvgIpc) is 3.10. The van der Waals surface area contributed by atoms with E-state index in [0.717, 1.165) is 28.5 Å². The molecule has 5 heteroatoms. The number of fused-ring (bicyclic) bond motifs is 3. The minimum Gasteiger partial charge on any atom is -0.354 e. The van der Waals surface area contributed by atoms with Crippen LogP contribution in [0, 0.1) is 12.8 Å². The molecule has 1 atom stereocenters. The lowest BCUT2D eigenvalue weighted by Gasteiger charge is -2.44. The van der Waals surface area contributed by atoms with E-state index in [1.54, 1.807) is 4.90 Å². The fourth-order valence-corrected chi connectivity index (χ4v) is 4.38. The van der Waals surface area contributed by atoms with Crippen LogP contribution >= 0.6 is 0 Å². The zero-order valence-electron chi connectivity index (χ0n) is 18.8. The van der Waals surface area contributed by atoms with Crippen molar-refractivity contribution in [1.82, 2.24) is 14.8 Å². The zero-order valence-corrected chi connectivity index (χ0v) is 18.8. The molecule has 0 saturated carbocycles. The van der Waals surface area contributed by atoms with E-state index in [4.69, 9.17) is 0 Å². The number of rotatable bonds is 6. The van der Waals surface area contributed by atoms with Crippen molar-refractivity contribution in [3.05, 3.63) is 71.4 Å². The summed E-state index contributed by atoms with van der Waals surface area (Å²) in [4.78, 5) is 29.0. The second-order valence-corrected chi connectivity index (χ2v) is 9.20. The van der Waals surface area contributed by atoms with Gasteiger partial charge in [0.05, 0.1) is 6.54 Å². The smallest absolute Gasteiger partial charge is 0.271 e. The van der Waals surface area contributed by atoms with Crippen LogP contribution in [0.2, 0.25) is 0 Å². The number of amides is 2. The molecule has 3 aromatic rings. The molecule has 1 N–H and O–H groups in total. The summed E-state index contributed by atoms with van der Waals surface area (Å²) in [6.45, 7) is 9.66. The maximum Gasteiger partial charge on any atom is 0.271 e. The molecule has 0 bridgehead atoms. The van der Waals surface area contributed by atoms with Gasteiger partial charge in [0.15, 0.2) is 0 Å². The monoisotopic (exact) mass is 417 g/mol. The van der Waals surface area contributed by atoms with Gasteiger partial charge in [-0.05, 0) is 49.4 Å². The molecule has 2 amide bonds. The van der Waals surface area contributed by atoms with Crippen LogP contribution in [0.3, 0.4) is 0 Å². The molecule has 31 heavy (non-hydrogen) atoms. The molecule has 4 rings (SSSR count). The van der Waals surface area contributed by atoms with E-state index in [0.29, 0.717) is 31.2 Å². The van der Waals surface area contributed by atoms with E-state index < -0.39 is 5.54 Å². The van der Waals surface area contributed by atoms with Crippen LogP contribution in [0.4, 0.5) is 0 Å². The molecular formula is C26H31N3O2. The van der Waals surface area contributed by atoms with E-state index in [1.807, 2.05) is 73.0 Å². The predicted molar refractivity (Wildman–Crippen MR) is 124 cm³/mol. The van der Waals surface area contributed by atoms with Crippen molar-refractivity contribution in [2.24, 2.45) is 5.92 Å². The standard InChI is InChI=1S/C26H31N3O2/c1-18(2)13-14-27-25(31)26(4)17-28-22-12-8-7-10-20(22)15-23(28)24(30)29(26)16-21-11-6-5-9-19(21)3/h5-12,15,18H,13-14,16-17H2,1-4H3,(H,27,31). The molecule has 5 nitrogen and oxygen atoms in total. The van der Waals surface area contributed by atoms with Crippen LogP contribution in [-0.2, 0) is 17.9 Å². The Bertz CT molecular complexity index is 1130. The summed E-state index contributed by atoms with van der Waals surface area (Å²) in [6.07, 6.45) is 0.908. The van der Waals surface area contributed by atoms with Crippen molar-refractivity contribution in [3.63, 3.8) is 0 Å². The summed E-state index contributed by atoms with van der Waals surface area (Å²) in [5.41, 5.74) is 2.82. The quantitative estimate of drug-likeness (QED) is 0.641. The first-order valence-electron chi connectivity index (χ1n) is 11.0. The number of carbonyl (C=O) groups is 2. The minimum absolute atomic E-state index is 0.0986. The van der Waals surface area contributed by atoms with Crippen LogP contribution in [0.1, 0.15) is 48.8 Å². The molecule has 1 unspecified atom stereocenters. The summed E-state index contributed by atoms with van der Waals surface area (Å²) in [6, 6.07) is 18.0. The zero-order chi connectivity index (χ0) is 22.2. The number of aryl methyl sites for hydroxylation is 1. The lowest BCUT2D eigenvalue weighted by molar-refractivity contribution is -0.133. The summed E-state index contributed by atoms with van der Waals surface area (Å²) < 4.78 is 2.01. The Morgan fingerprint density at radius 1 is 1.13 bits per heavy atom. The Hall–Kier alpha value is -3.08. The first-order valence-corrected chi connectivity index (χ1v) is 11.0. The van der Waals surface area contributed by atoms with Gasteiger partial charge in [0.1, 0.15) is 11.2 Å². The van der Waals surface area contributed by atoms with Crippen molar-refractivity contribution in [3.8, 4) is 0 Å². The van der Waals surface area contributed by atoms with Crippen LogP contribution in [0.15, 0.2) is 54.6 Å². The van der Waals surface area contributed by atoms with Gasteiger partial charge < -0.3 is 14.8 Å². The summed E-state index contributed by atoms with van der Waals surface area (Å²) in [7, 11) is 0. The summed E-state index contributed by atoms with van der Waals surface area (Å²) >= 11 is 0. The topological polar surface area (TPSA) is 54.3 Å². The molecule has 0 saturated heterocycles. The molecule has 1 aliphatic rings. The fourth-order valence-electron chi connectivity index (χ4n) is 4.38. The predicted octanol–water partition coefficient (Wildman–Crippen LogP) is 4.53.